The first-order valence-electron chi connectivity index (χ1n) is 11.9. The molecular weight excluding hydrogens is 441 g/mol. The van der Waals surface area contributed by atoms with Crippen LogP contribution in [-0.2, 0) is 15.7 Å². The maximum absolute atomic E-state index is 13.1. The highest BCUT2D eigenvalue weighted by Crippen LogP contribution is 2.51. The summed E-state index contributed by atoms with van der Waals surface area (Å²) in [6.07, 6.45) is 3.34. The summed E-state index contributed by atoms with van der Waals surface area (Å²) in [7, 11) is 2.14. The van der Waals surface area contributed by atoms with Gasteiger partial charge in [-0.15, -0.1) is 0 Å². The number of esters is 1. The van der Waals surface area contributed by atoms with E-state index in [0.717, 1.165) is 43.8 Å². The van der Waals surface area contributed by atoms with E-state index in [2.05, 4.69) is 23.0 Å². The Kier molecular flexibility index (Phi) is 6.00. The van der Waals surface area contributed by atoms with Crippen LogP contribution in [0.25, 0.3) is 17.2 Å². The summed E-state index contributed by atoms with van der Waals surface area (Å²) >= 11 is 0. The van der Waals surface area contributed by atoms with E-state index in [-0.39, 0.29) is 29.8 Å². The highest BCUT2D eigenvalue weighted by atomic mass is 19.4. The Morgan fingerprint density at radius 2 is 2.00 bits per heavy atom. The molecule has 7 heteroatoms. The first kappa shape index (κ1) is 23.1. The van der Waals surface area contributed by atoms with Gasteiger partial charge in [0.25, 0.3) is 0 Å². The monoisotopic (exact) mass is 470 g/mol. The Morgan fingerprint density at radius 3 is 2.74 bits per heavy atom. The molecular formula is C27H29F3N2O2. The van der Waals surface area contributed by atoms with E-state index in [9.17, 15) is 18.0 Å². The summed E-state index contributed by atoms with van der Waals surface area (Å²) in [6, 6.07) is 8.92. The second-order valence-corrected chi connectivity index (χ2v) is 10.0. The number of nitrogens with zero attached hydrogens (tertiary/aromatic N) is 2. The number of likely N-dealkylation sites (tertiary alicyclic amines) is 1. The van der Waals surface area contributed by atoms with Crippen molar-refractivity contribution in [2.24, 2.45) is 29.6 Å². The number of carbonyl (C=O) groups excluding carboxylic acids is 1. The molecule has 6 unspecified atom stereocenters. The van der Waals surface area contributed by atoms with Crippen molar-refractivity contribution in [3.63, 3.8) is 0 Å². The fourth-order valence-corrected chi connectivity index (χ4v) is 6.30. The molecule has 0 radical (unpaired) electrons. The Hall–Kier alpha value is -2.67. The number of cyclic esters (lactones) is 1. The molecule has 3 aliphatic rings. The zero-order valence-corrected chi connectivity index (χ0v) is 19.3. The van der Waals surface area contributed by atoms with Crippen molar-refractivity contribution in [1.82, 2.24) is 9.88 Å². The van der Waals surface area contributed by atoms with Gasteiger partial charge in [-0.3, -0.25) is 9.78 Å². The lowest BCUT2D eigenvalue weighted by Gasteiger charge is -2.47. The fourth-order valence-electron chi connectivity index (χ4n) is 6.30. The highest BCUT2D eigenvalue weighted by Gasteiger charge is 2.54. The Bertz CT molecular complexity index is 1080. The standard InChI is InChI=1S/C27H29F3N2O2/c1-16-25-23(22-10-11-32(2)15-19(22)13-24(25)26(33)34-16)9-8-21-7-6-18(14-31-21)17-4-3-5-20(12-17)27(28,29)30/h3-9,12,14,16,19,22-25H,10-11,13,15H2,1-2H3/b9-8+. The maximum Gasteiger partial charge on any atom is 0.416 e. The van der Waals surface area contributed by atoms with Crippen LogP contribution in [0.15, 0.2) is 48.7 Å². The second-order valence-electron chi connectivity index (χ2n) is 10.0. The van der Waals surface area contributed by atoms with E-state index in [0.29, 0.717) is 23.0 Å². The largest absolute Gasteiger partial charge is 0.462 e. The van der Waals surface area contributed by atoms with Crippen molar-refractivity contribution < 1.29 is 22.7 Å². The molecule has 0 spiro atoms. The number of hydrogen-bond acceptors (Lipinski definition) is 4. The van der Waals surface area contributed by atoms with E-state index in [1.54, 1.807) is 18.3 Å². The first-order chi connectivity index (χ1) is 16.2. The number of benzene rings is 1. The second kappa shape index (κ2) is 8.84. The van der Waals surface area contributed by atoms with Crippen molar-refractivity contribution in [1.29, 1.82) is 0 Å². The first-order valence-corrected chi connectivity index (χ1v) is 11.9. The normalized spacial score (nSPS) is 31.9. The molecule has 0 bridgehead atoms. The number of fused-ring (bicyclic) bond motifs is 2. The molecule has 34 heavy (non-hydrogen) atoms. The Balaban J connectivity index is 1.38. The van der Waals surface area contributed by atoms with Crippen molar-refractivity contribution in [3.05, 3.63) is 59.9 Å². The van der Waals surface area contributed by atoms with Crippen LogP contribution in [0, 0.1) is 29.6 Å². The number of aromatic nitrogens is 1. The van der Waals surface area contributed by atoms with Gasteiger partial charge in [0.1, 0.15) is 6.10 Å². The minimum atomic E-state index is -4.38. The van der Waals surface area contributed by atoms with Crippen molar-refractivity contribution in [2.75, 3.05) is 20.1 Å². The number of hydrogen-bond donors (Lipinski definition) is 0. The smallest absolute Gasteiger partial charge is 0.416 e. The fraction of sp³-hybridized carbons (Fsp3) is 0.481. The number of pyridine rings is 1. The lowest BCUT2D eigenvalue weighted by molar-refractivity contribution is -0.144. The van der Waals surface area contributed by atoms with Gasteiger partial charge in [0.2, 0.25) is 0 Å². The molecule has 0 amide bonds. The van der Waals surface area contributed by atoms with Gasteiger partial charge >= 0.3 is 12.1 Å². The highest BCUT2D eigenvalue weighted by molar-refractivity contribution is 5.75. The molecule has 2 aromatic rings. The van der Waals surface area contributed by atoms with E-state index in [1.165, 1.54) is 6.07 Å². The Labute approximate surface area is 197 Å². The van der Waals surface area contributed by atoms with Gasteiger partial charge in [0.15, 0.2) is 0 Å². The molecule has 1 aromatic heterocycles. The van der Waals surface area contributed by atoms with Crippen LogP contribution in [0.2, 0.25) is 0 Å². The van der Waals surface area contributed by atoms with Gasteiger partial charge in [-0.25, -0.2) is 0 Å². The third-order valence-corrected chi connectivity index (χ3v) is 7.90. The van der Waals surface area contributed by atoms with Crippen LogP contribution in [0.5, 0.6) is 0 Å². The number of alkyl halides is 3. The maximum atomic E-state index is 13.1. The van der Waals surface area contributed by atoms with Crippen LogP contribution < -0.4 is 0 Å². The summed E-state index contributed by atoms with van der Waals surface area (Å²) in [5.41, 5.74) is 1.20. The zero-order chi connectivity index (χ0) is 24.0. The molecule has 180 valence electrons. The van der Waals surface area contributed by atoms with E-state index < -0.39 is 11.7 Å². The number of carbonyl (C=O) groups is 1. The SMILES string of the molecule is CC1OC(=O)C2CC3CN(C)CCC3C(/C=C/c3ccc(-c4cccc(C(F)(F)F)c4)cn3)C12. The zero-order valence-electron chi connectivity index (χ0n) is 19.3. The molecule has 3 fully saturated rings. The Morgan fingerprint density at radius 1 is 1.18 bits per heavy atom. The molecule has 1 aliphatic carbocycles. The van der Waals surface area contributed by atoms with Crippen LogP contribution in [0.3, 0.4) is 0 Å². The molecule has 0 N–H and O–H groups in total. The minimum absolute atomic E-state index is 0.0476. The average molecular weight is 471 g/mol. The topological polar surface area (TPSA) is 42.4 Å². The third kappa shape index (κ3) is 4.38. The lowest BCUT2D eigenvalue weighted by atomic mass is 9.59. The number of allylic oxidation sites excluding steroid dienone is 1. The van der Waals surface area contributed by atoms with Crippen LogP contribution in [-0.4, -0.2) is 42.1 Å². The minimum Gasteiger partial charge on any atom is -0.462 e. The molecule has 4 nitrogen and oxygen atoms in total. The number of rotatable bonds is 3. The predicted octanol–water partition coefficient (Wildman–Crippen LogP) is 5.55. The summed E-state index contributed by atoms with van der Waals surface area (Å²) in [4.78, 5) is 19.3. The van der Waals surface area contributed by atoms with Crippen molar-refractivity contribution in [3.8, 4) is 11.1 Å². The predicted molar refractivity (Wildman–Crippen MR) is 123 cm³/mol. The van der Waals surface area contributed by atoms with Gasteiger partial charge in [-0.1, -0.05) is 24.3 Å². The van der Waals surface area contributed by atoms with Crippen LogP contribution in [0.1, 0.15) is 31.0 Å². The van der Waals surface area contributed by atoms with Crippen LogP contribution in [0.4, 0.5) is 13.2 Å². The molecule has 2 aliphatic heterocycles. The molecule has 6 atom stereocenters. The summed E-state index contributed by atoms with van der Waals surface area (Å²) in [6.45, 7) is 4.06. The number of halogens is 3. The summed E-state index contributed by atoms with van der Waals surface area (Å²) in [5, 5.41) is 0. The molecule has 3 heterocycles. The van der Waals surface area contributed by atoms with E-state index in [1.807, 2.05) is 19.1 Å². The quantitative estimate of drug-likeness (QED) is 0.552. The summed E-state index contributed by atoms with van der Waals surface area (Å²) in [5.74, 6) is 1.29. The van der Waals surface area contributed by atoms with Crippen molar-refractivity contribution in [2.45, 2.75) is 32.0 Å². The van der Waals surface area contributed by atoms with Gasteiger partial charge in [0.05, 0.1) is 17.2 Å². The third-order valence-electron chi connectivity index (χ3n) is 7.90. The molecule has 1 saturated carbocycles. The van der Waals surface area contributed by atoms with E-state index in [4.69, 9.17) is 4.74 Å². The van der Waals surface area contributed by atoms with E-state index >= 15 is 0 Å². The van der Waals surface area contributed by atoms with Gasteiger partial charge in [0, 0.05) is 24.2 Å². The number of piperidine rings is 1. The molecule has 5 rings (SSSR count). The van der Waals surface area contributed by atoms with Crippen molar-refractivity contribution >= 4 is 12.0 Å². The molecule has 1 aromatic carbocycles. The van der Waals surface area contributed by atoms with Crippen LogP contribution >= 0.6 is 0 Å². The van der Waals surface area contributed by atoms with Gasteiger partial charge < -0.3 is 9.64 Å². The van der Waals surface area contributed by atoms with Gasteiger partial charge in [-0.2, -0.15) is 13.2 Å². The summed E-state index contributed by atoms with van der Waals surface area (Å²) < 4.78 is 44.8. The lowest BCUT2D eigenvalue weighted by Crippen LogP contribution is -2.49. The number of ether oxygens (including phenoxy) is 1. The van der Waals surface area contributed by atoms with Gasteiger partial charge in [-0.05, 0) is 81.0 Å². The average Bonchev–Trinajstić information content (AvgIpc) is 3.09. The molecule has 2 saturated heterocycles.